The molecule has 0 aromatic heterocycles. The van der Waals surface area contributed by atoms with Crippen LogP contribution in [0.2, 0.25) is 0 Å². The maximum absolute atomic E-state index is 13.7. The molecule has 1 aromatic rings. The molecule has 0 spiro atoms. The van der Waals surface area contributed by atoms with Crippen LogP contribution in [0.25, 0.3) is 0 Å². The molecule has 1 aromatic carbocycles. The summed E-state index contributed by atoms with van der Waals surface area (Å²) in [6.45, 7) is 3.19. The van der Waals surface area contributed by atoms with E-state index in [0.717, 1.165) is 31.2 Å². The summed E-state index contributed by atoms with van der Waals surface area (Å²) in [5.41, 5.74) is 0.210. The van der Waals surface area contributed by atoms with Crippen LogP contribution >= 0.6 is 12.4 Å². The van der Waals surface area contributed by atoms with Gasteiger partial charge in [0.15, 0.2) is 0 Å². The standard InChI is InChI=1S/C14H18F2N2O.ClH/c1-9(12-7-11(15)3-4-13(12)16)18(2)14(19)10-5-6-17-8-10;/h3-4,7,9-10,17H,5-6,8H2,1-2H3;1H. The topological polar surface area (TPSA) is 32.3 Å². The Hall–Kier alpha value is -1.20. The van der Waals surface area contributed by atoms with Crippen molar-refractivity contribution in [3.8, 4) is 0 Å². The number of nitrogens with one attached hydrogen (secondary N) is 1. The van der Waals surface area contributed by atoms with Crippen LogP contribution in [-0.4, -0.2) is 30.9 Å². The van der Waals surface area contributed by atoms with E-state index < -0.39 is 17.7 Å². The highest BCUT2D eigenvalue weighted by Crippen LogP contribution is 2.25. The Morgan fingerprint density at radius 3 is 2.75 bits per heavy atom. The number of amides is 1. The molecule has 0 bridgehead atoms. The highest BCUT2D eigenvalue weighted by atomic mass is 35.5. The van der Waals surface area contributed by atoms with Crippen molar-refractivity contribution < 1.29 is 13.6 Å². The van der Waals surface area contributed by atoms with Crippen LogP contribution in [0.15, 0.2) is 18.2 Å². The van der Waals surface area contributed by atoms with Crippen molar-refractivity contribution in [3.05, 3.63) is 35.4 Å². The highest BCUT2D eigenvalue weighted by molar-refractivity contribution is 5.85. The van der Waals surface area contributed by atoms with Crippen molar-refractivity contribution in [3.63, 3.8) is 0 Å². The molecular weight excluding hydrogens is 286 g/mol. The minimum absolute atomic E-state index is 0. The summed E-state index contributed by atoms with van der Waals surface area (Å²) >= 11 is 0. The van der Waals surface area contributed by atoms with Gasteiger partial charge in [-0.1, -0.05) is 0 Å². The van der Waals surface area contributed by atoms with Crippen LogP contribution in [0, 0.1) is 17.6 Å². The molecule has 2 atom stereocenters. The number of carbonyl (C=O) groups excluding carboxylic acids is 1. The maximum Gasteiger partial charge on any atom is 0.227 e. The first kappa shape index (κ1) is 16.9. The van der Waals surface area contributed by atoms with Crippen LogP contribution in [-0.2, 0) is 4.79 Å². The summed E-state index contributed by atoms with van der Waals surface area (Å²) in [5, 5.41) is 3.13. The van der Waals surface area contributed by atoms with E-state index in [1.165, 1.54) is 4.90 Å². The van der Waals surface area contributed by atoms with Gasteiger partial charge in [0.05, 0.1) is 12.0 Å². The molecule has 1 aliphatic rings. The minimum Gasteiger partial charge on any atom is -0.339 e. The van der Waals surface area contributed by atoms with Gasteiger partial charge in [0.2, 0.25) is 5.91 Å². The molecule has 1 saturated heterocycles. The van der Waals surface area contributed by atoms with Gasteiger partial charge in [-0.2, -0.15) is 0 Å². The lowest BCUT2D eigenvalue weighted by molar-refractivity contribution is -0.135. The molecule has 20 heavy (non-hydrogen) atoms. The molecule has 112 valence electrons. The molecule has 1 heterocycles. The number of halogens is 3. The minimum atomic E-state index is -0.494. The van der Waals surface area contributed by atoms with E-state index in [9.17, 15) is 13.6 Å². The molecule has 1 fully saturated rings. The fourth-order valence-corrected chi connectivity index (χ4v) is 2.39. The van der Waals surface area contributed by atoms with Crippen LogP contribution in [0.5, 0.6) is 0 Å². The van der Waals surface area contributed by atoms with Crippen molar-refractivity contribution in [2.24, 2.45) is 5.92 Å². The largest absolute Gasteiger partial charge is 0.339 e. The van der Waals surface area contributed by atoms with Crippen molar-refractivity contribution in [1.82, 2.24) is 10.2 Å². The number of nitrogens with zero attached hydrogens (tertiary/aromatic N) is 1. The van der Waals surface area contributed by atoms with Gasteiger partial charge in [-0.3, -0.25) is 4.79 Å². The first-order valence-corrected chi connectivity index (χ1v) is 6.43. The molecule has 1 amide bonds. The lowest BCUT2D eigenvalue weighted by Gasteiger charge is -2.28. The second-order valence-corrected chi connectivity index (χ2v) is 4.98. The molecule has 0 saturated carbocycles. The Balaban J connectivity index is 0.00000200. The Labute approximate surface area is 123 Å². The van der Waals surface area contributed by atoms with E-state index in [1.54, 1.807) is 14.0 Å². The zero-order valence-electron chi connectivity index (χ0n) is 11.5. The SMILES string of the molecule is CC(c1cc(F)ccc1F)N(C)C(=O)C1CCNC1.Cl. The predicted octanol–water partition coefficient (Wildman–Crippen LogP) is 2.52. The first-order valence-electron chi connectivity index (χ1n) is 6.43. The van der Waals surface area contributed by atoms with Crippen LogP contribution in [0.3, 0.4) is 0 Å². The van der Waals surface area contributed by atoms with E-state index >= 15 is 0 Å². The fourth-order valence-electron chi connectivity index (χ4n) is 2.39. The molecule has 6 heteroatoms. The Kier molecular flexibility index (Phi) is 5.89. The van der Waals surface area contributed by atoms with Crippen molar-refractivity contribution >= 4 is 18.3 Å². The van der Waals surface area contributed by atoms with Gasteiger partial charge in [-0.25, -0.2) is 8.78 Å². The summed E-state index contributed by atoms with van der Waals surface area (Å²) in [5.74, 6) is -1.07. The second-order valence-electron chi connectivity index (χ2n) is 4.98. The molecule has 1 N–H and O–H groups in total. The smallest absolute Gasteiger partial charge is 0.227 e. The molecule has 0 aliphatic carbocycles. The van der Waals surface area contributed by atoms with Gasteiger partial charge in [-0.15, -0.1) is 12.4 Å². The van der Waals surface area contributed by atoms with Gasteiger partial charge in [0, 0.05) is 19.2 Å². The summed E-state index contributed by atoms with van der Waals surface area (Å²) < 4.78 is 26.9. The van der Waals surface area contributed by atoms with Crippen molar-refractivity contribution in [2.75, 3.05) is 20.1 Å². The number of benzene rings is 1. The van der Waals surface area contributed by atoms with Gasteiger partial charge < -0.3 is 10.2 Å². The average Bonchev–Trinajstić information content (AvgIpc) is 2.93. The third kappa shape index (κ3) is 3.46. The van der Waals surface area contributed by atoms with Gasteiger partial charge >= 0.3 is 0 Å². The molecule has 2 unspecified atom stereocenters. The first-order chi connectivity index (χ1) is 9.00. The number of hydrogen-bond donors (Lipinski definition) is 1. The summed E-state index contributed by atoms with van der Waals surface area (Å²) in [4.78, 5) is 13.7. The number of rotatable bonds is 3. The van der Waals surface area contributed by atoms with E-state index in [1.807, 2.05) is 0 Å². The lowest BCUT2D eigenvalue weighted by atomic mass is 10.0. The second kappa shape index (κ2) is 6.99. The van der Waals surface area contributed by atoms with Crippen molar-refractivity contribution in [1.29, 1.82) is 0 Å². The average molecular weight is 305 g/mol. The zero-order valence-corrected chi connectivity index (χ0v) is 12.3. The third-order valence-corrected chi connectivity index (χ3v) is 3.75. The predicted molar refractivity (Wildman–Crippen MR) is 75.8 cm³/mol. The Morgan fingerprint density at radius 2 is 2.15 bits per heavy atom. The lowest BCUT2D eigenvalue weighted by Crippen LogP contribution is -2.36. The third-order valence-electron chi connectivity index (χ3n) is 3.75. The quantitative estimate of drug-likeness (QED) is 0.930. The van der Waals surface area contributed by atoms with Gasteiger partial charge in [0.1, 0.15) is 11.6 Å². The van der Waals surface area contributed by atoms with Gasteiger partial charge in [0.25, 0.3) is 0 Å². The fraction of sp³-hybridized carbons (Fsp3) is 0.500. The van der Waals surface area contributed by atoms with Crippen LogP contribution in [0.1, 0.15) is 24.9 Å². The molecule has 0 radical (unpaired) electrons. The van der Waals surface area contributed by atoms with Crippen LogP contribution in [0.4, 0.5) is 8.78 Å². The normalized spacial score (nSPS) is 19.3. The molecule has 3 nitrogen and oxygen atoms in total. The Morgan fingerprint density at radius 1 is 1.45 bits per heavy atom. The zero-order chi connectivity index (χ0) is 14.0. The molecule has 2 rings (SSSR count). The summed E-state index contributed by atoms with van der Waals surface area (Å²) in [6.07, 6.45) is 0.793. The summed E-state index contributed by atoms with van der Waals surface area (Å²) in [7, 11) is 1.63. The van der Waals surface area contributed by atoms with E-state index in [4.69, 9.17) is 0 Å². The molecular formula is C14H19ClF2N2O. The van der Waals surface area contributed by atoms with Crippen molar-refractivity contribution in [2.45, 2.75) is 19.4 Å². The van der Waals surface area contributed by atoms with E-state index in [2.05, 4.69) is 5.32 Å². The molecule has 1 aliphatic heterocycles. The maximum atomic E-state index is 13.7. The summed E-state index contributed by atoms with van der Waals surface area (Å²) in [6, 6.07) is 2.84. The number of carbonyl (C=O) groups is 1. The monoisotopic (exact) mass is 304 g/mol. The number of hydrogen-bond acceptors (Lipinski definition) is 2. The Bertz CT molecular complexity index is 478. The van der Waals surface area contributed by atoms with Crippen LogP contribution < -0.4 is 5.32 Å². The highest BCUT2D eigenvalue weighted by Gasteiger charge is 2.29. The van der Waals surface area contributed by atoms with E-state index in [-0.39, 0.29) is 29.8 Å². The van der Waals surface area contributed by atoms with E-state index in [0.29, 0.717) is 6.54 Å². The van der Waals surface area contributed by atoms with Gasteiger partial charge in [-0.05, 0) is 38.1 Å².